The third-order valence-electron chi connectivity index (χ3n) is 4.94. The van der Waals surface area contributed by atoms with E-state index in [0.29, 0.717) is 12.1 Å². The second-order valence-electron chi connectivity index (χ2n) is 8.00. The Balaban J connectivity index is 2.08. The minimum atomic E-state index is 0.190. The quantitative estimate of drug-likeness (QED) is 0.884. The molecule has 0 aromatic heterocycles. The predicted molar refractivity (Wildman–Crippen MR) is 90.2 cm³/mol. The van der Waals surface area contributed by atoms with Crippen LogP contribution in [0.5, 0.6) is 5.75 Å². The van der Waals surface area contributed by atoms with Gasteiger partial charge in [-0.1, -0.05) is 53.7 Å². The van der Waals surface area contributed by atoms with Crippen LogP contribution in [0.3, 0.4) is 0 Å². The summed E-state index contributed by atoms with van der Waals surface area (Å²) >= 11 is 0. The molecule has 0 amide bonds. The molecule has 0 heterocycles. The molecule has 2 unspecified atom stereocenters. The Kier molecular flexibility index (Phi) is 4.39. The van der Waals surface area contributed by atoms with Crippen molar-refractivity contribution in [3.8, 4) is 5.75 Å². The molecule has 0 aliphatic heterocycles. The molecule has 2 rings (SSSR count). The molecule has 0 saturated heterocycles. The van der Waals surface area contributed by atoms with Gasteiger partial charge in [0.2, 0.25) is 0 Å². The van der Waals surface area contributed by atoms with Gasteiger partial charge in [0.05, 0.1) is 0 Å². The lowest BCUT2D eigenvalue weighted by Crippen LogP contribution is -2.62. The molecule has 1 fully saturated rings. The van der Waals surface area contributed by atoms with Crippen molar-refractivity contribution >= 4 is 0 Å². The molecule has 0 bridgehead atoms. The zero-order valence-electron chi connectivity index (χ0n) is 14.7. The van der Waals surface area contributed by atoms with Crippen molar-refractivity contribution in [1.29, 1.82) is 0 Å². The van der Waals surface area contributed by atoms with Crippen molar-refractivity contribution in [1.82, 2.24) is 5.32 Å². The maximum absolute atomic E-state index is 6.30. The molecule has 1 N–H and O–H groups in total. The highest BCUT2D eigenvalue weighted by molar-refractivity contribution is 5.39. The highest BCUT2D eigenvalue weighted by Gasteiger charge is 2.49. The van der Waals surface area contributed by atoms with E-state index in [9.17, 15) is 0 Å². The monoisotopic (exact) mass is 289 g/mol. The summed E-state index contributed by atoms with van der Waals surface area (Å²) in [6, 6.07) is 7.19. The van der Waals surface area contributed by atoms with Gasteiger partial charge >= 0.3 is 0 Å². The smallest absolute Gasteiger partial charge is 0.122 e. The van der Waals surface area contributed by atoms with Crippen LogP contribution in [0.4, 0.5) is 0 Å². The molecule has 0 spiro atoms. The van der Waals surface area contributed by atoms with Crippen molar-refractivity contribution in [2.24, 2.45) is 5.41 Å². The lowest BCUT2D eigenvalue weighted by Gasteiger charge is -2.51. The van der Waals surface area contributed by atoms with Crippen molar-refractivity contribution in [2.45, 2.75) is 72.4 Å². The molecular weight excluding hydrogens is 258 g/mol. The number of aryl methyl sites for hydroxylation is 1. The van der Waals surface area contributed by atoms with Crippen molar-refractivity contribution in [3.63, 3.8) is 0 Å². The third-order valence-corrected chi connectivity index (χ3v) is 4.94. The number of rotatable bonds is 4. The number of hydrogen-bond acceptors (Lipinski definition) is 2. The molecule has 1 aromatic carbocycles. The molecule has 2 nitrogen and oxygen atoms in total. The van der Waals surface area contributed by atoms with Gasteiger partial charge < -0.3 is 10.1 Å². The van der Waals surface area contributed by atoms with Crippen molar-refractivity contribution < 1.29 is 4.74 Å². The fraction of sp³-hybridized carbons (Fsp3) is 0.684. The fourth-order valence-corrected chi connectivity index (χ4v) is 3.08. The second-order valence-corrected chi connectivity index (χ2v) is 8.00. The average Bonchev–Trinajstić information content (AvgIpc) is 2.38. The highest BCUT2D eigenvalue weighted by atomic mass is 16.5. The number of ether oxygens (including phenoxy) is 1. The number of hydrogen-bond donors (Lipinski definition) is 1. The average molecular weight is 289 g/mol. The van der Waals surface area contributed by atoms with Crippen molar-refractivity contribution in [2.75, 3.05) is 6.54 Å². The molecular formula is C19H31NO. The summed E-state index contributed by atoms with van der Waals surface area (Å²) in [5.74, 6) is 1.04. The zero-order valence-corrected chi connectivity index (χ0v) is 14.7. The Morgan fingerprint density at radius 3 is 2.43 bits per heavy atom. The van der Waals surface area contributed by atoms with E-state index >= 15 is 0 Å². The van der Waals surface area contributed by atoms with Crippen LogP contribution in [0.15, 0.2) is 18.2 Å². The molecule has 0 radical (unpaired) electrons. The van der Waals surface area contributed by atoms with Gasteiger partial charge in [0.15, 0.2) is 0 Å². The Morgan fingerprint density at radius 2 is 1.95 bits per heavy atom. The molecule has 118 valence electrons. The van der Waals surface area contributed by atoms with Crippen molar-refractivity contribution in [3.05, 3.63) is 29.3 Å². The normalized spacial score (nSPS) is 24.5. The number of benzene rings is 1. The van der Waals surface area contributed by atoms with Gasteiger partial charge in [-0.25, -0.2) is 0 Å². The lowest BCUT2D eigenvalue weighted by molar-refractivity contribution is -0.0544. The number of nitrogens with one attached hydrogen (secondary N) is 1. The van der Waals surface area contributed by atoms with E-state index < -0.39 is 0 Å². The first kappa shape index (κ1) is 16.4. The van der Waals surface area contributed by atoms with Gasteiger partial charge in [-0.2, -0.15) is 0 Å². The minimum absolute atomic E-state index is 0.190. The van der Waals surface area contributed by atoms with E-state index in [0.717, 1.165) is 18.7 Å². The summed E-state index contributed by atoms with van der Waals surface area (Å²) < 4.78 is 6.30. The van der Waals surface area contributed by atoms with E-state index in [1.165, 1.54) is 11.1 Å². The Bertz CT molecular complexity index is 499. The molecule has 1 saturated carbocycles. The van der Waals surface area contributed by atoms with Crippen LogP contribution in [0.1, 0.15) is 59.1 Å². The Morgan fingerprint density at radius 1 is 1.29 bits per heavy atom. The maximum atomic E-state index is 6.30. The second kappa shape index (κ2) is 5.64. The van der Waals surface area contributed by atoms with Gasteiger partial charge in [0.1, 0.15) is 11.9 Å². The SMILES string of the molecule is CCNC1CC(Oc2ccc(C(C)(C)C)cc2C)C1(C)C. The van der Waals surface area contributed by atoms with Crippen LogP contribution >= 0.6 is 0 Å². The van der Waals surface area contributed by atoms with Gasteiger partial charge in [0.25, 0.3) is 0 Å². The highest BCUT2D eigenvalue weighted by Crippen LogP contribution is 2.43. The van der Waals surface area contributed by atoms with Crippen LogP contribution in [-0.2, 0) is 5.41 Å². The molecule has 2 heteroatoms. The Hall–Kier alpha value is -1.02. The first-order chi connectivity index (χ1) is 9.66. The maximum Gasteiger partial charge on any atom is 0.122 e. The minimum Gasteiger partial charge on any atom is -0.489 e. The van der Waals surface area contributed by atoms with E-state index in [2.05, 4.69) is 72.0 Å². The van der Waals surface area contributed by atoms with Crippen LogP contribution in [-0.4, -0.2) is 18.7 Å². The predicted octanol–water partition coefficient (Wildman–Crippen LogP) is 4.45. The summed E-state index contributed by atoms with van der Waals surface area (Å²) in [6.45, 7) is 16.7. The van der Waals surface area contributed by atoms with Gasteiger partial charge in [-0.15, -0.1) is 0 Å². The summed E-state index contributed by atoms with van der Waals surface area (Å²) in [5, 5.41) is 3.55. The molecule has 1 aliphatic rings. The molecule has 1 aromatic rings. The molecule has 21 heavy (non-hydrogen) atoms. The van der Waals surface area contributed by atoms with Gasteiger partial charge in [-0.05, 0) is 36.1 Å². The summed E-state index contributed by atoms with van der Waals surface area (Å²) in [6.07, 6.45) is 1.40. The first-order valence-electron chi connectivity index (χ1n) is 8.17. The van der Waals surface area contributed by atoms with Gasteiger partial charge in [-0.3, -0.25) is 0 Å². The topological polar surface area (TPSA) is 21.3 Å². The first-order valence-corrected chi connectivity index (χ1v) is 8.17. The van der Waals surface area contributed by atoms with Gasteiger partial charge in [0, 0.05) is 17.9 Å². The van der Waals surface area contributed by atoms with Crippen LogP contribution in [0.25, 0.3) is 0 Å². The fourth-order valence-electron chi connectivity index (χ4n) is 3.08. The van der Waals surface area contributed by atoms with E-state index in [1.807, 2.05) is 0 Å². The van der Waals surface area contributed by atoms with E-state index in [4.69, 9.17) is 4.74 Å². The van der Waals surface area contributed by atoms with Crippen LogP contribution in [0, 0.1) is 12.3 Å². The van der Waals surface area contributed by atoms with Crippen LogP contribution in [0.2, 0.25) is 0 Å². The largest absolute Gasteiger partial charge is 0.489 e. The summed E-state index contributed by atoms with van der Waals surface area (Å²) in [4.78, 5) is 0. The van der Waals surface area contributed by atoms with Crippen LogP contribution < -0.4 is 10.1 Å². The standard InChI is InChI=1S/C19H31NO/c1-8-20-16-12-17(19(16,6)7)21-15-10-9-14(11-13(15)2)18(3,4)5/h9-11,16-17,20H,8,12H2,1-7H3. The zero-order chi connectivity index (χ0) is 15.8. The van der Waals surface area contributed by atoms with E-state index in [-0.39, 0.29) is 10.8 Å². The Labute approximate surface area is 130 Å². The molecule has 2 atom stereocenters. The van der Waals surface area contributed by atoms with E-state index in [1.54, 1.807) is 0 Å². The molecule has 1 aliphatic carbocycles. The third kappa shape index (κ3) is 3.26. The summed E-state index contributed by atoms with van der Waals surface area (Å²) in [5.41, 5.74) is 3.00. The lowest BCUT2D eigenvalue weighted by atomic mass is 9.64. The summed E-state index contributed by atoms with van der Waals surface area (Å²) in [7, 11) is 0.